The van der Waals surface area contributed by atoms with Crippen LogP contribution in [0.5, 0.6) is 0 Å². The molecule has 0 unspecified atom stereocenters. The number of hydrogen-bond acceptors (Lipinski definition) is 4. The van der Waals surface area contributed by atoms with Gasteiger partial charge in [-0.3, -0.25) is 9.78 Å². The first-order valence-corrected chi connectivity index (χ1v) is 6.89. The molecule has 0 N–H and O–H groups in total. The van der Waals surface area contributed by atoms with E-state index in [0.717, 1.165) is 31.6 Å². The number of aromatic nitrogens is 3. The molecule has 0 fully saturated rings. The van der Waals surface area contributed by atoms with Crippen LogP contribution in [0, 0.1) is 0 Å². The average Bonchev–Trinajstić information content (AvgIpc) is 2.48. The largest absolute Gasteiger partial charge is 0.352 e. The zero-order valence-corrected chi connectivity index (χ0v) is 12.0. The molecule has 5 nitrogen and oxygen atoms in total. The van der Waals surface area contributed by atoms with E-state index in [9.17, 15) is 4.79 Å². The van der Waals surface area contributed by atoms with Gasteiger partial charge in [-0.2, -0.15) is 0 Å². The summed E-state index contributed by atoms with van der Waals surface area (Å²) in [4.78, 5) is 22.7. The Morgan fingerprint density at radius 3 is 2.75 bits per heavy atom. The van der Waals surface area contributed by atoms with Gasteiger partial charge in [0.2, 0.25) is 0 Å². The molecule has 0 aliphatic heterocycles. The molecule has 0 radical (unpaired) electrons. The molecule has 0 aliphatic rings. The Morgan fingerprint density at radius 2 is 2.05 bits per heavy atom. The van der Waals surface area contributed by atoms with Crippen LogP contribution < -0.4 is 10.5 Å². The second-order valence-corrected chi connectivity index (χ2v) is 4.73. The summed E-state index contributed by atoms with van der Waals surface area (Å²) in [6.45, 7) is 3.66. The molecule has 0 bridgehead atoms. The van der Waals surface area contributed by atoms with Crippen molar-refractivity contribution >= 4 is 5.82 Å². The van der Waals surface area contributed by atoms with Gasteiger partial charge in [-0.05, 0) is 18.6 Å². The van der Waals surface area contributed by atoms with Gasteiger partial charge in [0.25, 0.3) is 5.56 Å². The number of anilines is 1. The van der Waals surface area contributed by atoms with Gasteiger partial charge in [-0.25, -0.2) is 4.98 Å². The predicted octanol–water partition coefficient (Wildman–Crippen LogP) is 1.63. The first kappa shape index (κ1) is 14.2. The average molecular weight is 272 g/mol. The zero-order chi connectivity index (χ0) is 14.4. The molecule has 0 saturated heterocycles. The lowest BCUT2D eigenvalue weighted by molar-refractivity contribution is 0.717. The third-order valence-electron chi connectivity index (χ3n) is 3.16. The third kappa shape index (κ3) is 3.44. The summed E-state index contributed by atoms with van der Waals surface area (Å²) in [6.07, 6.45) is 6.91. The molecule has 0 spiro atoms. The summed E-state index contributed by atoms with van der Waals surface area (Å²) in [5.74, 6) is 0.521. The topological polar surface area (TPSA) is 51.0 Å². The van der Waals surface area contributed by atoms with Gasteiger partial charge in [0, 0.05) is 50.8 Å². The van der Waals surface area contributed by atoms with E-state index >= 15 is 0 Å². The maximum Gasteiger partial charge on any atom is 0.293 e. The summed E-state index contributed by atoms with van der Waals surface area (Å²) < 4.78 is 1.56. The molecule has 2 aromatic heterocycles. The van der Waals surface area contributed by atoms with Crippen molar-refractivity contribution in [2.75, 3.05) is 18.0 Å². The number of aryl methyl sites for hydroxylation is 1. The fourth-order valence-corrected chi connectivity index (χ4v) is 2.09. The molecule has 0 amide bonds. The minimum Gasteiger partial charge on any atom is -0.352 e. The lowest BCUT2D eigenvalue weighted by Crippen LogP contribution is -2.34. The van der Waals surface area contributed by atoms with E-state index in [1.54, 1.807) is 30.2 Å². The van der Waals surface area contributed by atoms with Crippen LogP contribution in [0.15, 0.2) is 41.6 Å². The monoisotopic (exact) mass is 272 g/mol. The van der Waals surface area contributed by atoms with Gasteiger partial charge in [0.1, 0.15) is 0 Å². The molecule has 2 heterocycles. The molecule has 0 saturated carbocycles. The maximum absolute atomic E-state index is 12.1. The maximum atomic E-state index is 12.1. The van der Waals surface area contributed by atoms with Gasteiger partial charge in [-0.15, -0.1) is 0 Å². The number of rotatable bonds is 6. The van der Waals surface area contributed by atoms with E-state index in [4.69, 9.17) is 0 Å². The van der Waals surface area contributed by atoms with E-state index in [-0.39, 0.29) is 5.56 Å². The molecule has 2 rings (SSSR count). The van der Waals surface area contributed by atoms with Crippen LogP contribution in [0.4, 0.5) is 5.82 Å². The summed E-state index contributed by atoms with van der Waals surface area (Å²) in [7, 11) is 1.75. The van der Waals surface area contributed by atoms with Gasteiger partial charge >= 0.3 is 0 Å². The lowest BCUT2D eigenvalue weighted by atomic mass is 10.2. The highest BCUT2D eigenvalue weighted by atomic mass is 16.1. The molecule has 0 aromatic carbocycles. The third-order valence-corrected chi connectivity index (χ3v) is 3.16. The summed E-state index contributed by atoms with van der Waals surface area (Å²) in [6, 6.07) is 5.88. The standard InChI is InChI=1S/C15H20N4O/c1-3-10-19(11-7-13-6-4-5-8-16-13)14-15(20)18(2)12-9-17-14/h4-6,8-9,12H,3,7,10-11H2,1-2H3. The van der Waals surface area contributed by atoms with Crippen molar-refractivity contribution in [2.45, 2.75) is 19.8 Å². The summed E-state index contributed by atoms with van der Waals surface area (Å²) in [5.41, 5.74) is 0.975. The van der Waals surface area contributed by atoms with Crippen molar-refractivity contribution in [1.29, 1.82) is 0 Å². The second kappa shape index (κ2) is 6.84. The molecule has 2 aromatic rings. The number of hydrogen-bond donors (Lipinski definition) is 0. The van der Waals surface area contributed by atoms with E-state index in [1.165, 1.54) is 0 Å². The smallest absolute Gasteiger partial charge is 0.293 e. The van der Waals surface area contributed by atoms with Crippen molar-refractivity contribution in [1.82, 2.24) is 14.5 Å². The van der Waals surface area contributed by atoms with E-state index in [1.807, 2.05) is 23.1 Å². The molecule has 0 atom stereocenters. The summed E-state index contributed by atoms with van der Waals surface area (Å²) in [5, 5.41) is 0. The lowest BCUT2D eigenvalue weighted by Gasteiger charge is -2.22. The molecule has 20 heavy (non-hydrogen) atoms. The van der Waals surface area contributed by atoms with Gasteiger partial charge in [0.15, 0.2) is 5.82 Å². The van der Waals surface area contributed by atoms with Crippen LogP contribution in [0.1, 0.15) is 19.0 Å². The Labute approximate surface area is 118 Å². The van der Waals surface area contributed by atoms with Crippen molar-refractivity contribution in [3.63, 3.8) is 0 Å². The Hall–Kier alpha value is -2.17. The Bertz CT molecular complexity index is 594. The highest BCUT2D eigenvalue weighted by Gasteiger charge is 2.12. The Balaban J connectivity index is 2.15. The van der Waals surface area contributed by atoms with Gasteiger partial charge in [0.05, 0.1) is 0 Å². The van der Waals surface area contributed by atoms with Crippen molar-refractivity contribution in [2.24, 2.45) is 7.05 Å². The summed E-state index contributed by atoms with van der Waals surface area (Å²) >= 11 is 0. The predicted molar refractivity (Wildman–Crippen MR) is 79.9 cm³/mol. The highest BCUT2D eigenvalue weighted by Crippen LogP contribution is 2.06. The molecule has 106 valence electrons. The number of pyridine rings is 1. The van der Waals surface area contributed by atoms with Crippen LogP contribution in [0.25, 0.3) is 0 Å². The van der Waals surface area contributed by atoms with Crippen LogP contribution >= 0.6 is 0 Å². The minimum atomic E-state index is -0.0537. The molecule has 5 heteroatoms. The first-order valence-electron chi connectivity index (χ1n) is 6.89. The fraction of sp³-hybridized carbons (Fsp3) is 0.400. The van der Waals surface area contributed by atoms with Crippen molar-refractivity contribution in [3.05, 3.63) is 52.8 Å². The van der Waals surface area contributed by atoms with Crippen molar-refractivity contribution in [3.8, 4) is 0 Å². The van der Waals surface area contributed by atoms with E-state index < -0.39 is 0 Å². The quantitative estimate of drug-likeness (QED) is 0.802. The Morgan fingerprint density at radius 1 is 1.20 bits per heavy atom. The number of nitrogens with zero attached hydrogens (tertiary/aromatic N) is 4. The first-order chi connectivity index (χ1) is 9.72. The molecule has 0 aliphatic carbocycles. The van der Waals surface area contributed by atoms with Crippen LogP contribution in [-0.4, -0.2) is 27.6 Å². The zero-order valence-electron chi connectivity index (χ0n) is 12.0. The molecular formula is C15H20N4O. The Kier molecular flexibility index (Phi) is 4.87. The highest BCUT2D eigenvalue weighted by molar-refractivity contribution is 5.35. The van der Waals surface area contributed by atoms with Gasteiger partial charge in [-0.1, -0.05) is 13.0 Å². The van der Waals surface area contributed by atoms with Crippen LogP contribution in [0.3, 0.4) is 0 Å². The minimum absolute atomic E-state index is 0.0537. The normalized spacial score (nSPS) is 10.5. The SMILES string of the molecule is CCCN(CCc1ccccn1)c1nccn(C)c1=O. The fourth-order valence-electron chi connectivity index (χ4n) is 2.09. The van der Waals surface area contributed by atoms with Gasteiger partial charge < -0.3 is 9.47 Å². The van der Waals surface area contributed by atoms with Crippen molar-refractivity contribution < 1.29 is 0 Å². The van der Waals surface area contributed by atoms with Crippen LogP contribution in [-0.2, 0) is 13.5 Å². The van der Waals surface area contributed by atoms with E-state index in [2.05, 4.69) is 16.9 Å². The van der Waals surface area contributed by atoms with Crippen LogP contribution in [0.2, 0.25) is 0 Å². The van der Waals surface area contributed by atoms with E-state index in [0.29, 0.717) is 5.82 Å². The second-order valence-electron chi connectivity index (χ2n) is 4.73. The molecular weight excluding hydrogens is 252 g/mol.